The maximum atomic E-state index is 4.97. The Morgan fingerprint density at radius 1 is 1.10 bits per heavy atom. The third-order valence-electron chi connectivity index (χ3n) is 0.829. The predicted octanol–water partition coefficient (Wildman–Crippen LogP) is 3.78. The van der Waals surface area contributed by atoms with Crippen molar-refractivity contribution in [3.63, 3.8) is 0 Å². The molecule has 0 atom stereocenters. The summed E-state index contributed by atoms with van der Waals surface area (Å²) < 4.78 is 0. The van der Waals surface area contributed by atoms with E-state index in [0.717, 1.165) is 0 Å². The van der Waals surface area contributed by atoms with Crippen LogP contribution in [0.2, 0.25) is 0 Å². The summed E-state index contributed by atoms with van der Waals surface area (Å²) in [7, 11) is 14.9. The van der Waals surface area contributed by atoms with Crippen molar-refractivity contribution in [2.75, 3.05) is 0 Å². The van der Waals surface area contributed by atoms with Crippen molar-refractivity contribution in [1.82, 2.24) is 0 Å². The van der Waals surface area contributed by atoms with E-state index >= 15 is 0 Å². The Bertz CT molecular complexity index is 145. The van der Waals surface area contributed by atoms with Gasteiger partial charge in [0.2, 0.25) is 0 Å². The van der Waals surface area contributed by atoms with Crippen molar-refractivity contribution in [2.24, 2.45) is 0 Å². The van der Waals surface area contributed by atoms with Gasteiger partial charge in [0, 0.05) is 0 Å². The molecule has 0 spiro atoms. The van der Waals surface area contributed by atoms with E-state index in [-0.39, 0.29) is 0 Å². The van der Waals surface area contributed by atoms with Gasteiger partial charge in [-0.1, -0.05) is 6.92 Å². The minimum absolute atomic E-state index is 1.34. The van der Waals surface area contributed by atoms with Gasteiger partial charge in [0.15, 0.2) is 0 Å². The standard InChI is InChI=1S/C6H7.3ClH.Ti/c1-6-4-2-3-5-6;;;;/h2-5H,1H3;3*1H;/q-1;;;;+3/p-3. The van der Waals surface area contributed by atoms with Crippen molar-refractivity contribution in [2.45, 2.75) is 6.92 Å². The SMILES string of the molecule is C[c-]1cccc1.[Cl][Ti]([Cl])[Cl]. The summed E-state index contributed by atoms with van der Waals surface area (Å²) in [4.78, 5) is 0. The maximum absolute atomic E-state index is 4.97. The number of aryl methyl sites for hydroxylation is 1. The predicted molar refractivity (Wildman–Crippen MR) is 44.3 cm³/mol. The molecule has 0 N–H and O–H groups in total. The van der Waals surface area contributed by atoms with Crippen molar-refractivity contribution in [1.29, 1.82) is 0 Å². The van der Waals surface area contributed by atoms with Gasteiger partial charge in [0.05, 0.1) is 0 Å². The van der Waals surface area contributed by atoms with Crippen molar-refractivity contribution < 1.29 is 14.7 Å². The van der Waals surface area contributed by atoms with Gasteiger partial charge in [-0.05, 0) is 0 Å². The summed E-state index contributed by atoms with van der Waals surface area (Å²) in [6.07, 6.45) is 0. The third kappa shape index (κ3) is 8.93. The zero-order valence-electron chi connectivity index (χ0n) is 5.44. The monoisotopic (exact) mass is 232 g/mol. The van der Waals surface area contributed by atoms with Gasteiger partial charge < -0.3 is 0 Å². The Kier molecular flexibility index (Phi) is 7.25. The molecule has 10 heavy (non-hydrogen) atoms. The first-order chi connectivity index (χ1) is 4.63. The average molecular weight is 233 g/mol. The number of hydrogen-bond acceptors (Lipinski definition) is 0. The molecule has 0 nitrogen and oxygen atoms in total. The Labute approximate surface area is 78.9 Å². The molecule has 57 valence electrons. The van der Waals surface area contributed by atoms with E-state index in [1.165, 1.54) is 5.56 Å². The van der Waals surface area contributed by atoms with E-state index < -0.39 is 14.7 Å². The molecule has 1 aromatic carbocycles. The van der Waals surface area contributed by atoms with Crippen molar-refractivity contribution in [3.05, 3.63) is 29.8 Å². The molecular formula is C6H7Cl3Ti-. The van der Waals surface area contributed by atoms with Crippen LogP contribution in [0.5, 0.6) is 0 Å². The topological polar surface area (TPSA) is 0 Å². The zero-order valence-corrected chi connectivity index (χ0v) is 9.27. The first-order valence-electron chi connectivity index (χ1n) is 2.64. The number of halogens is 3. The first kappa shape index (κ1) is 10.9. The Hall–Kier alpha value is 0.934. The average Bonchev–Trinajstić information content (AvgIpc) is 2.15. The van der Waals surface area contributed by atoms with Crippen LogP contribution in [-0.2, 0) is 14.7 Å². The van der Waals surface area contributed by atoms with E-state index in [4.69, 9.17) is 27.9 Å². The molecule has 0 saturated heterocycles. The van der Waals surface area contributed by atoms with Gasteiger partial charge in [-0.2, -0.15) is 17.7 Å². The van der Waals surface area contributed by atoms with E-state index in [2.05, 4.69) is 19.1 Å². The fourth-order valence-electron chi connectivity index (χ4n) is 0.470. The van der Waals surface area contributed by atoms with Gasteiger partial charge in [-0.3, -0.25) is 0 Å². The quantitative estimate of drug-likeness (QED) is 0.472. The fraction of sp³-hybridized carbons (Fsp3) is 0.167. The summed E-state index contributed by atoms with van der Waals surface area (Å²) in [5, 5.41) is 0. The molecule has 1 rings (SSSR count). The molecule has 0 aliphatic carbocycles. The molecule has 0 saturated carbocycles. The van der Waals surface area contributed by atoms with Crippen molar-refractivity contribution >= 4 is 27.9 Å². The molecule has 0 aliphatic heterocycles. The van der Waals surface area contributed by atoms with Crippen molar-refractivity contribution in [3.8, 4) is 0 Å². The van der Waals surface area contributed by atoms with Gasteiger partial charge in [-0.25, -0.2) is 12.1 Å². The van der Waals surface area contributed by atoms with Gasteiger partial charge in [-0.15, -0.1) is 0 Å². The van der Waals surface area contributed by atoms with Gasteiger partial charge in [0.25, 0.3) is 0 Å². The third-order valence-corrected chi connectivity index (χ3v) is 0.829. The molecular weight excluding hydrogens is 226 g/mol. The summed E-state index contributed by atoms with van der Waals surface area (Å²) in [5.74, 6) is 0. The van der Waals surface area contributed by atoms with Crippen LogP contribution in [0.15, 0.2) is 24.3 Å². The molecule has 0 amide bonds. The molecule has 1 aromatic rings. The Morgan fingerprint density at radius 2 is 1.40 bits per heavy atom. The minimum atomic E-state index is -1.92. The number of hydrogen-bond donors (Lipinski definition) is 0. The van der Waals surface area contributed by atoms with Crippen LogP contribution in [-0.4, -0.2) is 0 Å². The summed E-state index contributed by atoms with van der Waals surface area (Å²) in [6, 6.07) is 8.24. The molecule has 0 bridgehead atoms. The van der Waals surface area contributed by atoms with Crippen LogP contribution in [0, 0.1) is 6.92 Å². The fourth-order valence-corrected chi connectivity index (χ4v) is 0.470. The van der Waals surface area contributed by atoms with Crippen LogP contribution in [0.4, 0.5) is 0 Å². The van der Waals surface area contributed by atoms with E-state index in [1.807, 2.05) is 12.1 Å². The molecule has 0 aliphatic rings. The molecule has 0 unspecified atom stereocenters. The van der Waals surface area contributed by atoms with Crippen LogP contribution in [0.3, 0.4) is 0 Å². The molecule has 0 fully saturated rings. The van der Waals surface area contributed by atoms with Gasteiger partial charge >= 0.3 is 42.6 Å². The van der Waals surface area contributed by atoms with Crippen LogP contribution in [0.1, 0.15) is 5.56 Å². The normalized spacial score (nSPS) is 8.00. The second kappa shape index (κ2) is 6.63. The number of rotatable bonds is 0. The summed E-state index contributed by atoms with van der Waals surface area (Å²) in [6.45, 7) is 2.08. The van der Waals surface area contributed by atoms with Crippen LogP contribution in [0.25, 0.3) is 0 Å². The second-order valence-electron chi connectivity index (χ2n) is 1.68. The molecule has 4 heteroatoms. The molecule has 0 heterocycles. The van der Waals surface area contributed by atoms with E-state index in [1.54, 1.807) is 0 Å². The van der Waals surface area contributed by atoms with E-state index in [0.29, 0.717) is 0 Å². The molecule has 0 aromatic heterocycles. The molecule has 0 radical (unpaired) electrons. The Balaban J connectivity index is 0.000000180. The Morgan fingerprint density at radius 3 is 1.50 bits per heavy atom. The summed E-state index contributed by atoms with van der Waals surface area (Å²) in [5.41, 5.74) is 1.34. The van der Waals surface area contributed by atoms with Gasteiger partial charge in [0.1, 0.15) is 0 Å². The van der Waals surface area contributed by atoms with Crippen LogP contribution >= 0.6 is 27.9 Å². The first-order valence-corrected chi connectivity index (χ1v) is 9.09. The summed E-state index contributed by atoms with van der Waals surface area (Å²) >= 11 is -1.92. The van der Waals surface area contributed by atoms with E-state index in [9.17, 15) is 0 Å². The second-order valence-corrected chi connectivity index (χ2v) is 9.41. The zero-order chi connectivity index (χ0) is 7.98. The van der Waals surface area contributed by atoms with Crippen LogP contribution < -0.4 is 0 Å².